The van der Waals surface area contributed by atoms with Gasteiger partial charge in [-0.2, -0.15) is 0 Å². The maximum atomic E-state index is 11.9. The Hall–Kier alpha value is -3.15. The average Bonchev–Trinajstić information content (AvgIpc) is 2.66. The van der Waals surface area contributed by atoms with Crippen LogP contribution in [0.5, 0.6) is 0 Å². The Morgan fingerprint density at radius 1 is 0.923 bits per heavy atom. The number of esters is 1. The third-order valence-electron chi connectivity index (χ3n) is 3.50. The molecular formula is C20H22N2O4. The summed E-state index contributed by atoms with van der Waals surface area (Å²) in [4.78, 5) is 35.5. The first kappa shape index (κ1) is 19.2. The standard InChI is InChI=1S/C20H22N2O4/c1-2-12-26-20(25)16-8-10-17(11-9-16)22-19(24)14-21-18(23)13-15-6-4-3-5-7-15/h3-11H,2,12-14H2,1H3,(H,21,23)(H,22,24). The summed E-state index contributed by atoms with van der Waals surface area (Å²) < 4.78 is 5.04. The van der Waals surface area contributed by atoms with Crippen LogP contribution in [0.4, 0.5) is 5.69 Å². The van der Waals surface area contributed by atoms with Gasteiger partial charge in [0, 0.05) is 5.69 Å². The van der Waals surface area contributed by atoms with Crippen LogP contribution in [0.15, 0.2) is 54.6 Å². The SMILES string of the molecule is CCCOC(=O)c1ccc(NC(=O)CNC(=O)Cc2ccccc2)cc1. The van der Waals surface area contributed by atoms with Gasteiger partial charge in [0.2, 0.25) is 11.8 Å². The fourth-order valence-electron chi connectivity index (χ4n) is 2.20. The Balaban J connectivity index is 1.77. The van der Waals surface area contributed by atoms with Crippen molar-refractivity contribution in [2.45, 2.75) is 19.8 Å². The molecular weight excluding hydrogens is 332 g/mol. The number of anilines is 1. The number of carbonyl (C=O) groups excluding carboxylic acids is 3. The number of amides is 2. The molecule has 0 aliphatic heterocycles. The third-order valence-corrected chi connectivity index (χ3v) is 3.50. The molecule has 0 aliphatic rings. The van der Waals surface area contributed by atoms with Crippen LogP contribution in [-0.2, 0) is 20.7 Å². The van der Waals surface area contributed by atoms with Crippen molar-refractivity contribution in [2.75, 3.05) is 18.5 Å². The van der Waals surface area contributed by atoms with Gasteiger partial charge in [0.15, 0.2) is 0 Å². The number of carbonyl (C=O) groups is 3. The van der Waals surface area contributed by atoms with Gasteiger partial charge in [0.05, 0.1) is 25.1 Å². The molecule has 2 aromatic rings. The van der Waals surface area contributed by atoms with Gasteiger partial charge in [0.1, 0.15) is 0 Å². The summed E-state index contributed by atoms with van der Waals surface area (Å²) in [5, 5.41) is 5.24. The lowest BCUT2D eigenvalue weighted by atomic mass is 10.1. The van der Waals surface area contributed by atoms with Crippen molar-refractivity contribution in [1.29, 1.82) is 0 Å². The number of hydrogen-bond donors (Lipinski definition) is 2. The molecule has 0 atom stereocenters. The second-order valence-electron chi connectivity index (χ2n) is 5.70. The van der Waals surface area contributed by atoms with E-state index in [2.05, 4.69) is 10.6 Å². The molecule has 2 N–H and O–H groups in total. The normalized spacial score (nSPS) is 10.0. The highest BCUT2D eigenvalue weighted by molar-refractivity contribution is 5.95. The van der Waals surface area contributed by atoms with Gasteiger partial charge in [-0.3, -0.25) is 9.59 Å². The molecule has 26 heavy (non-hydrogen) atoms. The first-order chi connectivity index (χ1) is 12.6. The lowest BCUT2D eigenvalue weighted by Gasteiger charge is -2.08. The summed E-state index contributed by atoms with van der Waals surface area (Å²) in [5.74, 6) is -0.953. The second-order valence-corrected chi connectivity index (χ2v) is 5.70. The lowest BCUT2D eigenvalue weighted by Crippen LogP contribution is -2.33. The van der Waals surface area contributed by atoms with E-state index in [1.165, 1.54) is 0 Å². The maximum Gasteiger partial charge on any atom is 0.338 e. The zero-order chi connectivity index (χ0) is 18.8. The predicted octanol–water partition coefficient (Wildman–Crippen LogP) is 2.55. The van der Waals surface area contributed by atoms with Crippen LogP contribution in [0.2, 0.25) is 0 Å². The van der Waals surface area contributed by atoms with E-state index in [1.54, 1.807) is 24.3 Å². The summed E-state index contributed by atoms with van der Waals surface area (Å²) in [7, 11) is 0. The zero-order valence-electron chi connectivity index (χ0n) is 14.7. The molecule has 0 saturated carbocycles. The van der Waals surface area contributed by atoms with E-state index in [-0.39, 0.29) is 24.8 Å². The van der Waals surface area contributed by atoms with E-state index in [1.807, 2.05) is 37.3 Å². The highest BCUT2D eigenvalue weighted by Crippen LogP contribution is 2.10. The molecule has 0 aliphatic carbocycles. The summed E-state index contributed by atoms with van der Waals surface area (Å²) in [6, 6.07) is 15.7. The molecule has 0 heterocycles. The number of hydrogen-bond acceptors (Lipinski definition) is 4. The van der Waals surface area contributed by atoms with E-state index in [0.717, 1.165) is 12.0 Å². The second kappa shape index (κ2) is 9.98. The Morgan fingerprint density at radius 2 is 1.62 bits per heavy atom. The van der Waals surface area contributed by atoms with Gasteiger partial charge in [-0.25, -0.2) is 4.79 Å². The van der Waals surface area contributed by atoms with Gasteiger partial charge in [-0.05, 0) is 36.2 Å². The van der Waals surface area contributed by atoms with Crippen molar-refractivity contribution in [1.82, 2.24) is 5.32 Å². The molecule has 0 saturated heterocycles. The Labute approximate surface area is 152 Å². The minimum atomic E-state index is -0.391. The number of rotatable bonds is 8. The zero-order valence-corrected chi connectivity index (χ0v) is 14.7. The van der Waals surface area contributed by atoms with Gasteiger partial charge in [0.25, 0.3) is 0 Å². The molecule has 2 aromatic carbocycles. The van der Waals surface area contributed by atoms with Crippen LogP contribution in [0, 0.1) is 0 Å². The summed E-state index contributed by atoms with van der Waals surface area (Å²) in [6.07, 6.45) is 0.985. The summed E-state index contributed by atoms with van der Waals surface area (Å²) in [5.41, 5.74) is 1.85. The van der Waals surface area contributed by atoms with E-state index in [0.29, 0.717) is 17.9 Å². The molecule has 0 fully saturated rings. The summed E-state index contributed by atoms with van der Waals surface area (Å²) in [6.45, 7) is 2.18. The van der Waals surface area contributed by atoms with Crippen LogP contribution < -0.4 is 10.6 Å². The Morgan fingerprint density at radius 3 is 2.27 bits per heavy atom. The molecule has 136 valence electrons. The van der Waals surface area contributed by atoms with Crippen molar-refractivity contribution in [2.24, 2.45) is 0 Å². The van der Waals surface area contributed by atoms with Crippen molar-refractivity contribution in [3.8, 4) is 0 Å². The van der Waals surface area contributed by atoms with Gasteiger partial charge in [-0.1, -0.05) is 37.3 Å². The minimum absolute atomic E-state index is 0.119. The Kier molecular flexibility index (Phi) is 7.36. The summed E-state index contributed by atoms with van der Waals surface area (Å²) >= 11 is 0. The molecule has 2 rings (SSSR count). The smallest absolute Gasteiger partial charge is 0.338 e. The molecule has 0 aromatic heterocycles. The number of nitrogens with one attached hydrogen (secondary N) is 2. The van der Waals surface area contributed by atoms with Crippen LogP contribution >= 0.6 is 0 Å². The van der Waals surface area contributed by atoms with Crippen LogP contribution in [0.25, 0.3) is 0 Å². The van der Waals surface area contributed by atoms with E-state index >= 15 is 0 Å². The predicted molar refractivity (Wildman–Crippen MR) is 98.8 cm³/mol. The highest BCUT2D eigenvalue weighted by Gasteiger charge is 2.09. The van der Waals surface area contributed by atoms with E-state index in [4.69, 9.17) is 4.74 Å². The Bertz CT molecular complexity index is 742. The molecule has 2 amide bonds. The maximum absolute atomic E-state index is 11.9. The number of benzene rings is 2. The lowest BCUT2D eigenvalue weighted by molar-refractivity contribution is -0.123. The first-order valence-electron chi connectivity index (χ1n) is 8.46. The van der Waals surface area contributed by atoms with Gasteiger partial charge in [-0.15, -0.1) is 0 Å². The van der Waals surface area contributed by atoms with Crippen molar-refractivity contribution >= 4 is 23.5 Å². The topological polar surface area (TPSA) is 84.5 Å². The van der Waals surface area contributed by atoms with E-state index in [9.17, 15) is 14.4 Å². The van der Waals surface area contributed by atoms with Crippen molar-refractivity contribution in [3.05, 3.63) is 65.7 Å². The molecule has 0 bridgehead atoms. The average molecular weight is 354 g/mol. The molecule has 6 nitrogen and oxygen atoms in total. The van der Waals surface area contributed by atoms with Crippen molar-refractivity contribution < 1.29 is 19.1 Å². The monoisotopic (exact) mass is 354 g/mol. The van der Waals surface area contributed by atoms with Crippen molar-refractivity contribution in [3.63, 3.8) is 0 Å². The highest BCUT2D eigenvalue weighted by atomic mass is 16.5. The molecule has 6 heteroatoms. The fraction of sp³-hybridized carbons (Fsp3) is 0.250. The fourth-order valence-corrected chi connectivity index (χ4v) is 2.20. The largest absolute Gasteiger partial charge is 0.462 e. The van der Waals surface area contributed by atoms with Crippen LogP contribution in [0.3, 0.4) is 0 Å². The van der Waals surface area contributed by atoms with Gasteiger partial charge >= 0.3 is 5.97 Å². The minimum Gasteiger partial charge on any atom is -0.462 e. The van der Waals surface area contributed by atoms with E-state index < -0.39 is 5.97 Å². The third kappa shape index (κ3) is 6.39. The molecule has 0 spiro atoms. The number of ether oxygens (including phenoxy) is 1. The first-order valence-corrected chi connectivity index (χ1v) is 8.46. The quantitative estimate of drug-likeness (QED) is 0.714. The van der Waals surface area contributed by atoms with Crippen LogP contribution in [-0.4, -0.2) is 30.9 Å². The molecule has 0 radical (unpaired) electrons. The van der Waals surface area contributed by atoms with Gasteiger partial charge < -0.3 is 15.4 Å². The van der Waals surface area contributed by atoms with Crippen LogP contribution in [0.1, 0.15) is 29.3 Å². The molecule has 0 unspecified atom stereocenters.